The third-order valence-corrected chi connectivity index (χ3v) is 6.65. The van der Waals surface area contributed by atoms with E-state index in [1.807, 2.05) is 73.0 Å². The molecule has 0 fully saturated rings. The first kappa shape index (κ1) is 23.8. The van der Waals surface area contributed by atoms with Gasteiger partial charge in [-0.3, -0.25) is 4.79 Å². The molecule has 1 heterocycles. The van der Waals surface area contributed by atoms with Gasteiger partial charge in [0.25, 0.3) is 0 Å². The van der Waals surface area contributed by atoms with Crippen molar-refractivity contribution in [3.05, 3.63) is 78.1 Å². The Hall–Kier alpha value is -3.32. The number of hydrogen-bond acceptors (Lipinski definition) is 5. The molecule has 3 aromatic carbocycles. The van der Waals surface area contributed by atoms with E-state index in [1.54, 1.807) is 0 Å². The van der Waals surface area contributed by atoms with Crippen LogP contribution in [0.3, 0.4) is 0 Å². The molecule has 6 nitrogen and oxygen atoms in total. The lowest BCUT2D eigenvalue weighted by atomic mass is 10.0. The number of thioether (sulfide) groups is 1. The molecule has 1 amide bonds. The average molecular weight is 475 g/mol. The van der Waals surface area contributed by atoms with E-state index in [0.717, 1.165) is 28.0 Å². The summed E-state index contributed by atoms with van der Waals surface area (Å²) in [5.74, 6) is 2.18. The van der Waals surface area contributed by atoms with Gasteiger partial charge < -0.3 is 14.6 Å². The van der Waals surface area contributed by atoms with Gasteiger partial charge in [0.2, 0.25) is 5.91 Å². The van der Waals surface area contributed by atoms with Crippen molar-refractivity contribution in [2.45, 2.75) is 51.4 Å². The van der Waals surface area contributed by atoms with Gasteiger partial charge in [-0.05, 0) is 48.9 Å². The predicted octanol–water partition coefficient (Wildman–Crippen LogP) is 6.45. The Bertz CT molecular complexity index is 1260. The quantitative estimate of drug-likeness (QED) is 0.283. The molecular weight excluding hydrogens is 444 g/mol. The van der Waals surface area contributed by atoms with Crippen molar-refractivity contribution in [2.24, 2.45) is 0 Å². The van der Waals surface area contributed by atoms with Crippen LogP contribution in [-0.4, -0.2) is 26.4 Å². The molecule has 0 saturated heterocycles. The highest BCUT2D eigenvalue weighted by Gasteiger charge is 2.19. The van der Waals surface area contributed by atoms with Crippen LogP contribution in [-0.2, 0) is 11.3 Å². The summed E-state index contributed by atoms with van der Waals surface area (Å²) in [4.78, 5) is 12.7. The Kier molecular flexibility index (Phi) is 7.53. The highest BCUT2D eigenvalue weighted by molar-refractivity contribution is 7.99. The second kappa shape index (κ2) is 10.7. The maximum Gasteiger partial charge on any atom is 0.234 e. The zero-order chi connectivity index (χ0) is 24.1. The van der Waals surface area contributed by atoms with E-state index in [9.17, 15) is 4.79 Å². The minimum absolute atomic E-state index is 0.0805. The van der Waals surface area contributed by atoms with Gasteiger partial charge in [0, 0.05) is 17.6 Å². The summed E-state index contributed by atoms with van der Waals surface area (Å²) in [5.41, 5.74) is 2.09. The van der Waals surface area contributed by atoms with Crippen LogP contribution < -0.4 is 10.1 Å². The van der Waals surface area contributed by atoms with Crippen molar-refractivity contribution in [3.63, 3.8) is 0 Å². The van der Waals surface area contributed by atoms with Gasteiger partial charge in [0.15, 0.2) is 17.1 Å². The van der Waals surface area contributed by atoms with Crippen LogP contribution in [0.15, 0.2) is 71.9 Å². The van der Waals surface area contributed by atoms with Crippen LogP contribution in [0.2, 0.25) is 0 Å². The third kappa shape index (κ3) is 5.42. The summed E-state index contributed by atoms with van der Waals surface area (Å²) in [5, 5.41) is 14.5. The van der Waals surface area contributed by atoms with Gasteiger partial charge >= 0.3 is 0 Å². The molecule has 7 heteroatoms. The highest BCUT2D eigenvalue weighted by Crippen LogP contribution is 2.27. The number of nitrogens with zero attached hydrogens (tertiary/aromatic N) is 3. The Morgan fingerprint density at radius 3 is 2.47 bits per heavy atom. The molecule has 0 aliphatic heterocycles. The number of aromatic nitrogens is 3. The van der Waals surface area contributed by atoms with Crippen LogP contribution >= 0.6 is 11.8 Å². The van der Waals surface area contributed by atoms with Crippen LogP contribution in [0.5, 0.6) is 5.75 Å². The summed E-state index contributed by atoms with van der Waals surface area (Å²) in [6.45, 7) is 9.04. The number of nitrogens with one attached hydrogen (secondary N) is 1. The Morgan fingerprint density at radius 2 is 1.74 bits per heavy atom. The molecule has 0 saturated carbocycles. The highest BCUT2D eigenvalue weighted by atomic mass is 32.2. The molecule has 0 spiro atoms. The summed E-state index contributed by atoms with van der Waals surface area (Å²) < 4.78 is 8.13. The van der Waals surface area contributed by atoms with Crippen molar-refractivity contribution in [2.75, 3.05) is 11.1 Å². The maximum absolute atomic E-state index is 12.7. The molecule has 1 N–H and O–H groups in total. The van der Waals surface area contributed by atoms with Crippen molar-refractivity contribution in [3.8, 4) is 5.75 Å². The fraction of sp³-hybridized carbons (Fsp3) is 0.296. The van der Waals surface area contributed by atoms with E-state index < -0.39 is 0 Å². The molecule has 34 heavy (non-hydrogen) atoms. The molecule has 1 aromatic heterocycles. The number of hydrogen-bond donors (Lipinski definition) is 1. The van der Waals surface area contributed by atoms with E-state index in [2.05, 4.69) is 41.5 Å². The number of fused-ring (bicyclic) bond motifs is 1. The molecule has 0 aliphatic carbocycles. The maximum atomic E-state index is 12.7. The number of amides is 1. The molecule has 0 radical (unpaired) electrons. The van der Waals surface area contributed by atoms with Crippen molar-refractivity contribution < 1.29 is 9.53 Å². The zero-order valence-corrected chi connectivity index (χ0v) is 20.8. The second-order valence-corrected chi connectivity index (χ2v) is 9.37. The first-order chi connectivity index (χ1) is 16.5. The summed E-state index contributed by atoms with van der Waals surface area (Å²) >= 11 is 1.38. The second-order valence-electron chi connectivity index (χ2n) is 8.43. The van der Waals surface area contributed by atoms with E-state index >= 15 is 0 Å². The van der Waals surface area contributed by atoms with Gasteiger partial charge in [0.05, 0.1) is 5.75 Å². The van der Waals surface area contributed by atoms with Crippen molar-refractivity contribution >= 4 is 34.1 Å². The van der Waals surface area contributed by atoms with Crippen molar-refractivity contribution in [1.29, 1.82) is 0 Å². The summed E-state index contributed by atoms with van der Waals surface area (Å²) in [6.07, 6.45) is -0.267. The van der Waals surface area contributed by atoms with Gasteiger partial charge in [-0.25, -0.2) is 0 Å². The number of carbonyl (C=O) groups is 1. The monoisotopic (exact) mass is 474 g/mol. The Morgan fingerprint density at radius 1 is 1.00 bits per heavy atom. The SMILES string of the molecule is CCn1c(SCC(=O)Nc2cccc3ccccc23)nnc1C(C)Oc1ccc(C(C)C)cc1. The van der Waals surface area contributed by atoms with E-state index in [0.29, 0.717) is 17.6 Å². The Balaban J connectivity index is 1.40. The standard InChI is InChI=1S/C27H30N4O2S/c1-5-31-26(19(4)33-22-15-13-20(14-16-22)18(2)3)29-30-27(31)34-17-25(32)28-24-12-8-10-21-9-6-7-11-23(21)24/h6-16,18-19H,5,17H2,1-4H3,(H,28,32). The average Bonchev–Trinajstić information content (AvgIpc) is 3.26. The lowest BCUT2D eigenvalue weighted by Crippen LogP contribution is -2.15. The van der Waals surface area contributed by atoms with E-state index in [4.69, 9.17) is 4.74 Å². The molecule has 0 bridgehead atoms. The van der Waals surface area contributed by atoms with Crippen molar-refractivity contribution in [1.82, 2.24) is 14.8 Å². The predicted molar refractivity (Wildman–Crippen MR) is 139 cm³/mol. The lowest BCUT2D eigenvalue weighted by molar-refractivity contribution is -0.113. The van der Waals surface area contributed by atoms with E-state index in [1.165, 1.54) is 17.3 Å². The number of benzene rings is 3. The first-order valence-electron chi connectivity index (χ1n) is 11.6. The normalized spacial score (nSPS) is 12.1. The molecule has 0 aliphatic rings. The van der Waals surface area contributed by atoms with Gasteiger partial charge in [0.1, 0.15) is 5.75 Å². The zero-order valence-electron chi connectivity index (χ0n) is 20.0. The minimum atomic E-state index is -0.267. The topological polar surface area (TPSA) is 69.0 Å². The molecule has 4 rings (SSSR count). The van der Waals surface area contributed by atoms with Gasteiger partial charge in [-0.1, -0.05) is 74.1 Å². The van der Waals surface area contributed by atoms with Gasteiger partial charge in [-0.15, -0.1) is 10.2 Å². The number of anilines is 1. The molecule has 1 atom stereocenters. The fourth-order valence-electron chi connectivity index (χ4n) is 3.84. The summed E-state index contributed by atoms with van der Waals surface area (Å²) in [6, 6.07) is 22.1. The smallest absolute Gasteiger partial charge is 0.234 e. The largest absolute Gasteiger partial charge is 0.483 e. The van der Waals surface area contributed by atoms with Crippen LogP contribution in [0, 0.1) is 0 Å². The minimum Gasteiger partial charge on any atom is -0.483 e. The third-order valence-electron chi connectivity index (χ3n) is 5.68. The molecule has 176 valence electrons. The first-order valence-corrected chi connectivity index (χ1v) is 12.5. The molecular formula is C27H30N4O2S. The van der Waals surface area contributed by atoms with E-state index in [-0.39, 0.29) is 17.8 Å². The van der Waals surface area contributed by atoms with Crippen LogP contribution in [0.25, 0.3) is 10.8 Å². The summed E-state index contributed by atoms with van der Waals surface area (Å²) in [7, 11) is 0. The number of ether oxygens (including phenoxy) is 1. The lowest BCUT2D eigenvalue weighted by Gasteiger charge is -2.16. The fourth-order valence-corrected chi connectivity index (χ4v) is 4.65. The van der Waals surface area contributed by atoms with Crippen LogP contribution in [0.1, 0.15) is 51.1 Å². The van der Waals surface area contributed by atoms with Crippen LogP contribution in [0.4, 0.5) is 5.69 Å². The molecule has 1 unspecified atom stereocenters. The molecule has 4 aromatic rings. The van der Waals surface area contributed by atoms with Gasteiger partial charge in [-0.2, -0.15) is 0 Å². The Labute approximate surface area is 204 Å². The number of rotatable bonds is 9. The number of carbonyl (C=O) groups excluding carboxylic acids is 1.